The molecule has 0 aromatic heterocycles. The largest absolute Gasteiger partial charge is 0.481 e. The van der Waals surface area contributed by atoms with E-state index in [1.54, 1.807) is 30.3 Å². The summed E-state index contributed by atoms with van der Waals surface area (Å²) in [5.41, 5.74) is 0.635. The predicted octanol–water partition coefficient (Wildman–Crippen LogP) is 0.685. The van der Waals surface area contributed by atoms with Crippen LogP contribution in [-0.2, 0) is 25.7 Å². The molecule has 9 nitrogen and oxygen atoms in total. The number of aliphatic carboxylic acids is 2. The minimum atomic E-state index is -1.64. The third-order valence-electron chi connectivity index (χ3n) is 3.72. The molecule has 2 N–H and O–H groups in total. The Morgan fingerprint density at radius 2 is 1.68 bits per heavy atom. The highest BCUT2D eigenvalue weighted by atomic mass is 16.4. The lowest BCUT2D eigenvalue weighted by Crippen LogP contribution is -2.59. The van der Waals surface area contributed by atoms with Crippen LogP contribution < -0.4 is 0 Å². The number of benzene rings is 1. The van der Waals surface area contributed by atoms with E-state index in [1.165, 1.54) is 0 Å². The second-order valence-corrected chi connectivity index (χ2v) is 5.48. The van der Waals surface area contributed by atoms with Crippen molar-refractivity contribution in [3.8, 4) is 0 Å². The smallest absolute Gasteiger partial charge is 0.334 e. The van der Waals surface area contributed by atoms with Gasteiger partial charge in [0.2, 0.25) is 11.8 Å². The molecular formula is C16H16N2O7. The molecule has 25 heavy (non-hydrogen) atoms. The maximum atomic E-state index is 12.5. The Kier molecular flexibility index (Phi) is 5.48. The SMILES string of the molecule is O=C(O)CCC(C(=O)O)N1C(=O)CC(=O)N(Cc2ccccc2)C1=O. The summed E-state index contributed by atoms with van der Waals surface area (Å²) in [5, 5.41) is 18.0. The maximum Gasteiger partial charge on any atom is 0.334 e. The lowest BCUT2D eigenvalue weighted by molar-refractivity contribution is -0.154. The maximum absolute atomic E-state index is 12.5. The Hall–Kier alpha value is -3.23. The second-order valence-electron chi connectivity index (χ2n) is 5.48. The zero-order chi connectivity index (χ0) is 18.6. The highest BCUT2D eigenvalue weighted by Gasteiger charge is 2.44. The summed E-state index contributed by atoms with van der Waals surface area (Å²) in [5.74, 6) is -4.42. The van der Waals surface area contributed by atoms with Gasteiger partial charge in [-0.3, -0.25) is 19.3 Å². The van der Waals surface area contributed by atoms with E-state index in [2.05, 4.69) is 0 Å². The fraction of sp³-hybridized carbons (Fsp3) is 0.312. The number of carboxylic acid groups (broad SMARTS) is 2. The predicted molar refractivity (Wildman–Crippen MR) is 82.1 cm³/mol. The number of rotatable bonds is 7. The number of urea groups is 1. The summed E-state index contributed by atoms with van der Waals surface area (Å²) in [6.45, 7) is -0.104. The summed E-state index contributed by atoms with van der Waals surface area (Å²) in [7, 11) is 0. The molecule has 4 amide bonds. The standard InChI is InChI=1S/C16H16N2O7/c19-12-8-13(20)18(11(15(23)24)6-7-14(21)22)16(25)17(12)9-10-4-2-1-3-5-10/h1-5,11H,6-9H2,(H,21,22)(H,23,24). The van der Waals surface area contributed by atoms with Crippen LogP contribution in [0.5, 0.6) is 0 Å². The third kappa shape index (κ3) is 4.19. The van der Waals surface area contributed by atoms with Gasteiger partial charge in [-0.25, -0.2) is 14.5 Å². The molecule has 1 aromatic carbocycles. The van der Waals surface area contributed by atoms with E-state index in [1.807, 2.05) is 0 Å². The van der Waals surface area contributed by atoms with Crippen LogP contribution in [0.3, 0.4) is 0 Å². The Balaban J connectivity index is 2.25. The molecule has 1 aliphatic heterocycles. The molecule has 1 fully saturated rings. The number of hydrogen-bond acceptors (Lipinski definition) is 5. The third-order valence-corrected chi connectivity index (χ3v) is 3.72. The van der Waals surface area contributed by atoms with Crippen LogP contribution in [0.25, 0.3) is 0 Å². The van der Waals surface area contributed by atoms with Gasteiger partial charge in [0.05, 0.1) is 6.54 Å². The zero-order valence-electron chi connectivity index (χ0n) is 13.1. The minimum absolute atomic E-state index is 0.104. The second kappa shape index (κ2) is 7.56. The Bertz CT molecular complexity index is 716. The van der Waals surface area contributed by atoms with Crippen LogP contribution in [-0.4, -0.2) is 55.8 Å². The first-order valence-corrected chi connectivity index (χ1v) is 7.46. The van der Waals surface area contributed by atoms with Gasteiger partial charge in [0, 0.05) is 6.42 Å². The van der Waals surface area contributed by atoms with Gasteiger partial charge in [-0.05, 0) is 12.0 Å². The minimum Gasteiger partial charge on any atom is -0.481 e. The van der Waals surface area contributed by atoms with E-state index in [0.717, 1.165) is 4.90 Å². The quantitative estimate of drug-likeness (QED) is 0.693. The van der Waals surface area contributed by atoms with Crippen LogP contribution in [0.4, 0.5) is 4.79 Å². The molecule has 1 unspecified atom stereocenters. The van der Waals surface area contributed by atoms with Crippen LogP contribution in [0.2, 0.25) is 0 Å². The number of amides is 4. The molecule has 2 rings (SSSR count). The van der Waals surface area contributed by atoms with Crippen molar-refractivity contribution in [2.24, 2.45) is 0 Å². The molecule has 0 saturated carbocycles. The molecule has 0 radical (unpaired) electrons. The molecule has 1 heterocycles. The fourth-order valence-electron chi connectivity index (χ4n) is 2.51. The Labute approximate surface area is 142 Å². The molecule has 0 bridgehead atoms. The number of barbiturate groups is 1. The fourth-order valence-corrected chi connectivity index (χ4v) is 2.51. The molecule has 0 aliphatic carbocycles. The monoisotopic (exact) mass is 348 g/mol. The van der Waals surface area contributed by atoms with Crippen molar-refractivity contribution in [3.63, 3.8) is 0 Å². The lowest BCUT2D eigenvalue weighted by Gasteiger charge is -2.35. The van der Waals surface area contributed by atoms with E-state index < -0.39 is 55.1 Å². The average molecular weight is 348 g/mol. The van der Waals surface area contributed by atoms with Crippen LogP contribution in [0, 0.1) is 0 Å². The van der Waals surface area contributed by atoms with Gasteiger partial charge >= 0.3 is 18.0 Å². The van der Waals surface area contributed by atoms with E-state index in [-0.39, 0.29) is 6.54 Å². The van der Waals surface area contributed by atoms with Crippen molar-refractivity contribution < 1.29 is 34.2 Å². The Morgan fingerprint density at radius 1 is 1.04 bits per heavy atom. The van der Waals surface area contributed by atoms with Gasteiger partial charge in [-0.15, -0.1) is 0 Å². The van der Waals surface area contributed by atoms with Gasteiger partial charge in [0.25, 0.3) is 0 Å². The Morgan fingerprint density at radius 3 is 2.24 bits per heavy atom. The van der Waals surface area contributed by atoms with E-state index >= 15 is 0 Å². The molecule has 1 aliphatic rings. The van der Waals surface area contributed by atoms with E-state index in [9.17, 15) is 29.1 Å². The van der Waals surface area contributed by atoms with Gasteiger partial charge in [0.15, 0.2) is 0 Å². The molecule has 9 heteroatoms. The lowest BCUT2D eigenvalue weighted by atomic mass is 10.1. The van der Waals surface area contributed by atoms with Crippen molar-refractivity contribution in [2.75, 3.05) is 0 Å². The van der Waals surface area contributed by atoms with Crippen molar-refractivity contribution >= 4 is 29.8 Å². The summed E-state index contributed by atoms with van der Waals surface area (Å²) >= 11 is 0. The van der Waals surface area contributed by atoms with Crippen LogP contribution in [0.15, 0.2) is 30.3 Å². The molecular weight excluding hydrogens is 332 g/mol. The first-order valence-electron chi connectivity index (χ1n) is 7.46. The molecule has 1 atom stereocenters. The normalized spacial score (nSPS) is 16.1. The zero-order valence-corrected chi connectivity index (χ0v) is 13.1. The highest BCUT2D eigenvalue weighted by molar-refractivity contribution is 6.15. The molecule has 1 saturated heterocycles. The van der Waals surface area contributed by atoms with Crippen molar-refractivity contribution in [1.29, 1.82) is 0 Å². The van der Waals surface area contributed by atoms with Crippen LogP contribution >= 0.6 is 0 Å². The van der Waals surface area contributed by atoms with E-state index in [0.29, 0.717) is 10.5 Å². The molecule has 1 aromatic rings. The highest BCUT2D eigenvalue weighted by Crippen LogP contribution is 2.20. The van der Waals surface area contributed by atoms with Crippen LogP contribution in [0.1, 0.15) is 24.8 Å². The molecule has 0 spiro atoms. The number of carboxylic acids is 2. The number of carbonyl (C=O) groups excluding carboxylic acids is 3. The van der Waals surface area contributed by atoms with Crippen molar-refractivity contribution in [1.82, 2.24) is 9.80 Å². The summed E-state index contributed by atoms with van der Waals surface area (Å²) in [6, 6.07) is 5.85. The summed E-state index contributed by atoms with van der Waals surface area (Å²) in [4.78, 5) is 60.0. The number of imide groups is 2. The van der Waals surface area contributed by atoms with E-state index in [4.69, 9.17) is 5.11 Å². The summed E-state index contributed by atoms with van der Waals surface area (Å²) < 4.78 is 0. The number of carbonyl (C=O) groups is 5. The first kappa shape index (κ1) is 18.1. The van der Waals surface area contributed by atoms with Crippen molar-refractivity contribution in [2.45, 2.75) is 31.8 Å². The summed E-state index contributed by atoms with van der Waals surface area (Å²) in [6.07, 6.45) is -1.61. The molecule has 132 valence electrons. The average Bonchev–Trinajstić information content (AvgIpc) is 2.54. The van der Waals surface area contributed by atoms with Gasteiger partial charge in [0.1, 0.15) is 12.5 Å². The van der Waals surface area contributed by atoms with Crippen molar-refractivity contribution in [3.05, 3.63) is 35.9 Å². The first-order chi connectivity index (χ1) is 11.8. The van der Waals surface area contributed by atoms with Gasteiger partial charge < -0.3 is 10.2 Å². The number of nitrogens with zero attached hydrogens (tertiary/aromatic N) is 2. The number of hydrogen-bond donors (Lipinski definition) is 2. The topological polar surface area (TPSA) is 132 Å². The van der Waals surface area contributed by atoms with Gasteiger partial charge in [-0.1, -0.05) is 30.3 Å². The van der Waals surface area contributed by atoms with Gasteiger partial charge in [-0.2, -0.15) is 0 Å².